The van der Waals surface area contributed by atoms with Crippen LogP contribution >= 0.6 is 24.0 Å². The highest BCUT2D eigenvalue weighted by molar-refractivity contribution is 14.0. The summed E-state index contributed by atoms with van der Waals surface area (Å²) >= 11 is 0. The van der Waals surface area contributed by atoms with Gasteiger partial charge in [0.15, 0.2) is 5.96 Å². The summed E-state index contributed by atoms with van der Waals surface area (Å²) in [5.41, 5.74) is 2.15. The minimum atomic E-state index is 0. The van der Waals surface area contributed by atoms with Gasteiger partial charge in [-0.3, -0.25) is 4.79 Å². The molecule has 0 unspecified atom stereocenters. The minimum Gasteiger partial charge on any atom is -0.491 e. The Morgan fingerprint density at radius 2 is 1.93 bits per heavy atom. The zero-order valence-corrected chi connectivity index (χ0v) is 20.7. The molecule has 0 fully saturated rings. The molecule has 0 bridgehead atoms. The predicted molar refractivity (Wildman–Crippen MR) is 129 cm³/mol. The molecule has 0 saturated heterocycles. The fraction of sp³-hybridized carbons (Fsp3) is 0.619. The van der Waals surface area contributed by atoms with Gasteiger partial charge in [-0.25, -0.2) is 4.99 Å². The minimum absolute atomic E-state index is 0. The van der Waals surface area contributed by atoms with Crippen LogP contribution < -0.4 is 20.7 Å². The van der Waals surface area contributed by atoms with E-state index < -0.39 is 0 Å². The smallest absolute Gasteiger partial charge is 0.221 e. The highest BCUT2D eigenvalue weighted by Gasteiger charge is 2.07. The fourth-order valence-electron chi connectivity index (χ4n) is 2.48. The third kappa shape index (κ3) is 12.6. The zero-order valence-electron chi connectivity index (χ0n) is 18.3. The lowest BCUT2D eigenvalue weighted by Gasteiger charge is -2.14. The molecular formula is C21H37IN4O3. The number of benzene rings is 1. The second-order valence-electron chi connectivity index (χ2n) is 6.75. The second kappa shape index (κ2) is 16.3. The van der Waals surface area contributed by atoms with Crippen LogP contribution in [0.3, 0.4) is 0 Å². The molecule has 166 valence electrons. The van der Waals surface area contributed by atoms with E-state index in [0.717, 1.165) is 23.4 Å². The summed E-state index contributed by atoms with van der Waals surface area (Å²) in [5, 5.41) is 9.29. The average Bonchev–Trinajstić information content (AvgIpc) is 2.63. The van der Waals surface area contributed by atoms with Crippen molar-refractivity contribution in [1.29, 1.82) is 0 Å². The normalized spacial score (nSPS) is 11.0. The largest absolute Gasteiger partial charge is 0.491 e. The molecule has 29 heavy (non-hydrogen) atoms. The highest BCUT2D eigenvalue weighted by Crippen LogP contribution is 2.21. The van der Waals surface area contributed by atoms with Gasteiger partial charge in [-0.1, -0.05) is 12.1 Å². The SMILES string of the molecule is CCNC(=NCc1ccc(C)cc1OCCOCC)NCCC(=O)NC(C)C.I. The number of hydrogen-bond acceptors (Lipinski definition) is 4. The standard InChI is InChI=1S/C21H36N4O3.HI/c1-6-22-21(23-11-10-20(26)25-16(3)4)24-15-18-9-8-17(5)14-19(18)28-13-12-27-7-2;/h8-9,14,16H,6-7,10-13,15H2,1-5H3,(H,25,26)(H2,22,23,24);1H. The number of halogens is 1. The Morgan fingerprint density at radius 1 is 1.17 bits per heavy atom. The van der Waals surface area contributed by atoms with Crippen molar-refractivity contribution in [3.05, 3.63) is 29.3 Å². The number of aryl methyl sites for hydroxylation is 1. The van der Waals surface area contributed by atoms with Crippen LogP contribution in [0, 0.1) is 6.92 Å². The topological polar surface area (TPSA) is 84.0 Å². The predicted octanol–water partition coefficient (Wildman–Crippen LogP) is 3.00. The monoisotopic (exact) mass is 520 g/mol. The van der Waals surface area contributed by atoms with Gasteiger partial charge in [-0.15, -0.1) is 24.0 Å². The number of rotatable bonds is 12. The molecule has 1 aromatic rings. The Balaban J connectivity index is 0.00000784. The van der Waals surface area contributed by atoms with Crippen LogP contribution in [-0.2, 0) is 16.1 Å². The summed E-state index contributed by atoms with van der Waals surface area (Å²) in [6.07, 6.45) is 0.402. The van der Waals surface area contributed by atoms with Crippen molar-refractivity contribution in [3.8, 4) is 5.75 Å². The van der Waals surface area contributed by atoms with Gasteiger partial charge in [0.1, 0.15) is 12.4 Å². The number of hydrogen-bond donors (Lipinski definition) is 3. The van der Waals surface area contributed by atoms with E-state index in [4.69, 9.17) is 9.47 Å². The lowest BCUT2D eigenvalue weighted by atomic mass is 10.1. The van der Waals surface area contributed by atoms with Crippen molar-refractivity contribution < 1.29 is 14.3 Å². The van der Waals surface area contributed by atoms with E-state index in [0.29, 0.717) is 45.3 Å². The highest BCUT2D eigenvalue weighted by atomic mass is 127. The van der Waals surface area contributed by atoms with Gasteiger partial charge in [-0.2, -0.15) is 0 Å². The number of guanidine groups is 1. The first-order valence-electron chi connectivity index (χ1n) is 10.1. The Morgan fingerprint density at radius 3 is 2.59 bits per heavy atom. The van der Waals surface area contributed by atoms with Crippen LogP contribution in [-0.4, -0.2) is 50.8 Å². The van der Waals surface area contributed by atoms with Crippen LogP contribution in [0.5, 0.6) is 5.75 Å². The van der Waals surface area contributed by atoms with Crippen molar-refractivity contribution in [2.75, 3.05) is 32.9 Å². The van der Waals surface area contributed by atoms with E-state index in [1.807, 2.05) is 46.8 Å². The molecule has 0 aliphatic carbocycles. The molecule has 0 spiro atoms. The van der Waals surface area contributed by atoms with E-state index in [1.165, 1.54) is 0 Å². The van der Waals surface area contributed by atoms with E-state index in [-0.39, 0.29) is 35.9 Å². The molecule has 0 heterocycles. The van der Waals surface area contributed by atoms with Gasteiger partial charge in [0.25, 0.3) is 0 Å². The Bertz CT molecular complexity index is 624. The molecular weight excluding hydrogens is 483 g/mol. The maximum atomic E-state index is 11.8. The molecule has 8 heteroatoms. The van der Waals surface area contributed by atoms with Crippen molar-refractivity contribution in [2.45, 2.75) is 53.6 Å². The van der Waals surface area contributed by atoms with Crippen molar-refractivity contribution in [1.82, 2.24) is 16.0 Å². The Hall–Kier alpha value is -1.55. The van der Waals surface area contributed by atoms with Crippen LogP contribution in [0.1, 0.15) is 45.2 Å². The molecule has 0 saturated carbocycles. The lowest BCUT2D eigenvalue weighted by molar-refractivity contribution is -0.121. The third-order valence-corrected chi connectivity index (χ3v) is 3.76. The van der Waals surface area contributed by atoms with Crippen LogP contribution in [0.4, 0.5) is 0 Å². The van der Waals surface area contributed by atoms with E-state index in [1.54, 1.807) is 0 Å². The van der Waals surface area contributed by atoms with E-state index in [2.05, 4.69) is 27.0 Å². The van der Waals surface area contributed by atoms with Gasteiger partial charge >= 0.3 is 0 Å². The molecule has 0 radical (unpaired) electrons. The lowest BCUT2D eigenvalue weighted by Crippen LogP contribution is -2.40. The number of carbonyl (C=O) groups is 1. The summed E-state index contributed by atoms with van der Waals surface area (Å²) in [6, 6.07) is 6.26. The maximum Gasteiger partial charge on any atom is 0.221 e. The number of nitrogens with zero attached hydrogens (tertiary/aromatic N) is 1. The number of carbonyl (C=O) groups excluding carboxylic acids is 1. The number of amides is 1. The molecule has 3 N–H and O–H groups in total. The van der Waals surface area contributed by atoms with Gasteiger partial charge < -0.3 is 25.4 Å². The first-order valence-corrected chi connectivity index (χ1v) is 10.1. The van der Waals surface area contributed by atoms with Gasteiger partial charge in [0.05, 0.1) is 13.2 Å². The van der Waals surface area contributed by atoms with Crippen LogP contribution in [0.25, 0.3) is 0 Å². The molecule has 7 nitrogen and oxygen atoms in total. The number of nitrogens with one attached hydrogen (secondary N) is 3. The molecule has 0 atom stereocenters. The third-order valence-electron chi connectivity index (χ3n) is 3.76. The average molecular weight is 520 g/mol. The molecule has 0 aliphatic rings. The molecule has 0 aliphatic heterocycles. The van der Waals surface area contributed by atoms with E-state index >= 15 is 0 Å². The van der Waals surface area contributed by atoms with Gasteiger partial charge in [-0.05, 0) is 46.2 Å². The number of ether oxygens (including phenoxy) is 2. The summed E-state index contributed by atoms with van der Waals surface area (Å²) < 4.78 is 11.2. The summed E-state index contributed by atoms with van der Waals surface area (Å²) in [5.74, 6) is 1.54. The summed E-state index contributed by atoms with van der Waals surface area (Å²) in [6.45, 7) is 13.4. The first-order chi connectivity index (χ1) is 13.5. The van der Waals surface area contributed by atoms with E-state index in [9.17, 15) is 4.79 Å². The van der Waals surface area contributed by atoms with Gasteiger partial charge in [0, 0.05) is 37.7 Å². The second-order valence-corrected chi connectivity index (χ2v) is 6.75. The molecule has 1 aromatic carbocycles. The van der Waals surface area contributed by atoms with Crippen molar-refractivity contribution in [3.63, 3.8) is 0 Å². The van der Waals surface area contributed by atoms with Crippen molar-refractivity contribution >= 4 is 35.8 Å². The van der Waals surface area contributed by atoms with Crippen molar-refractivity contribution in [2.24, 2.45) is 4.99 Å². The number of aliphatic imine (C=N–C) groups is 1. The Labute approximate surface area is 192 Å². The maximum absolute atomic E-state index is 11.8. The summed E-state index contributed by atoms with van der Waals surface area (Å²) in [4.78, 5) is 16.4. The molecule has 0 aromatic heterocycles. The molecule has 1 amide bonds. The summed E-state index contributed by atoms with van der Waals surface area (Å²) in [7, 11) is 0. The fourth-order valence-corrected chi connectivity index (χ4v) is 2.48. The van der Waals surface area contributed by atoms with Crippen LogP contribution in [0.15, 0.2) is 23.2 Å². The van der Waals surface area contributed by atoms with Crippen LogP contribution in [0.2, 0.25) is 0 Å². The Kier molecular flexibility index (Phi) is 15.4. The van der Waals surface area contributed by atoms with Gasteiger partial charge in [0.2, 0.25) is 5.91 Å². The molecule has 1 rings (SSSR count). The quantitative estimate of drug-likeness (QED) is 0.171. The zero-order chi connectivity index (χ0) is 20.8. The first kappa shape index (κ1) is 27.5.